The Labute approximate surface area is 133 Å². The van der Waals surface area contributed by atoms with Crippen LogP contribution in [0.1, 0.15) is 31.2 Å². The average molecular weight is 304 g/mol. The molecule has 0 unspecified atom stereocenters. The molecule has 122 valence electrons. The molecule has 4 nitrogen and oxygen atoms in total. The number of ether oxygens (including phenoxy) is 1. The lowest BCUT2D eigenvalue weighted by atomic mass is 9.92. The summed E-state index contributed by atoms with van der Waals surface area (Å²) < 4.78 is 6.03. The number of β-amino-alcohol motifs (C(OH)–C–C–N with tert-alkyl or cyclic N) is 1. The Morgan fingerprint density at radius 3 is 2.68 bits per heavy atom. The zero-order valence-electron chi connectivity index (χ0n) is 13.3. The van der Waals surface area contributed by atoms with Crippen molar-refractivity contribution < 1.29 is 9.84 Å². The summed E-state index contributed by atoms with van der Waals surface area (Å²) in [5.41, 5.74) is 0.711. The van der Waals surface area contributed by atoms with E-state index in [1.165, 1.54) is 5.56 Å². The molecule has 4 heteroatoms. The van der Waals surface area contributed by atoms with Crippen LogP contribution in [0.5, 0.6) is 0 Å². The fourth-order valence-corrected chi connectivity index (χ4v) is 3.53. The third kappa shape index (κ3) is 4.53. The molecule has 2 aliphatic heterocycles. The summed E-state index contributed by atoms with van der Waals surface area (Å²) in [7, 11) is 0. The minimum absolute atomic E-state index is 0.357. The molecule has 3 rings (SSSR count). The van der Waals surface area contributed by atoms with E-state index in [1.807, 2.05) is 6.07 Å². The summed E-state index contributed by atoms with van der Waals surface area (Å²) in [5, 5.41) is 13.9. The van der Waals surface area contributed by atoms with E-state index in [9.17, 15) is 5.11 Å². The van der Waals surface area contributed by atoms with Gasteiger partial charge in [0.2, 0.25) is 0 Å². The summed E-state index contributed by atoms with van der Waals surface area (Å²) in [6, 6.07) is 10.4. The summed E-state index contributed by atoms with van der Waals surface area (Å²) >= 11 is 0. The van der Waals surface area contributed by atoms with Gasteiger partial charge < -0.3 is 20.1 Å². The molecule has 0 amide bonds. The predicted octanol–water partition coefficient (Wildman–Crippen LogP) is 1.78. The van der Waals surface area contributed by atoms with Gasteiger partial charge in [0.1, 0.15) is 0 Å². The van der Waals surface area contributed by atoms with Crippen LogP contribution in [0, 0.1) is 0 Å². The quantitative estimate of drug-likeness (QED) is 0.870. The maximum atomic E-state index is 10.6. The molecule has 0 aromatic heterocycles. The summed E-state index contributed by atoms with van der Waals surface area (Å²) in [6.45, 7) is 5.34. The second kappa shape index (κ2) is 7.55. The molecule has 0 aliphatic carbocycles. The molecule has 2 fully saturated rings. The summed E-state index contributed by atoms with van der Waals surface area (Å²) in [6.07, 6.45) is 4.49. The molecule has 1 aromatic carbocycles. The number of hydrogen-bond donors (Lipinski definition) is 2. The molecule has 1 aromatic rings. The van der Waals surface area contributed by atoms with Crippen molar-refractivity contribution >= 4 is 0 Å². The number of benzene rings is 1. The molecule has 2 saturated heterocycles. The fourth-order valence-electron chi connectivity index (χ4n) is 3.53. The van der Waals surface area contributed by atoms with Crippen molar-refractivity contribution in [3.8, 4) is 0 Å². The van der Waals surface area contributed by atoms with E-state index in [0.29, 0.717) is 12.7 Å². The van der Waals surface area contributed by atoms with E-state index in [4.69, 9.17) is 4.74 Å². The SMILES string of the molecule is O[C@]1(CN2CCC(OCc3ccccc3)CC2)CCCNC1. The topological polar surface area (TPSA) is 44.7 Å². The van der Waals surface area contributed by atoms with E-state index in [1.54, 1.807) is 0 Å². The molecular formula is C18H28N2O2. The molecular weight excluding hydrogens is 276 g/mol. The molecule has 2 N–H and O–H groups in total. The van der Waals surface area contributed by atoms with Crippen LogP contribution in [0.2, 0.25) is 0 Å². The third-order valence-corrected chi connectivity index (χ3v) is 4.83. The van der Waals surface area contributed by atoms with Crippen molar-refractivity contribution in [1.29, 1.82) is 0 Å². The van der Waals surface area contributed by atoms with Gasteiger partial charge in [-0.15, -0.1) is 0 Å². The van der Waals surface area contributed by atoms with E-state index >= 15 is 0 Å². The molecule has 0 radical (unpaired) electrons. The van der Waals surface area contributed by atoms with E-state index in [2.05, 4.69) is 34.5 Å². The minimum Gasteiger partial charge on any atom is -0.387 e. The Hall–Kier alpha value is -0.940. The third-order valence-electron chi connectivity index (χ3n) is 4.83. The van der Waals surface area contributed by atoms with Crippen molar-refractivity contribution in [2.45, 2.75) is 44.0 Å². The van der Waals surface area contributed by atoms with Crippen LogP contribution in [-0.2, 0) is 11.3 Å². The Morgan fingerprint density at radius 1 is 1.23 bits per heavy atom. The highest BCUT2D eigenvalue weighted by molar-refractivity contribution is 5.13. The van der Waals surface area contributed by atoms with Crippen molar-refractivity contribution in [2.75, 3.05) is 32.7 Å². The number of rotatable bonds is 5. The maximum absolute atomic E-state index is 10.6. The zero-order chi connectivity index (χ0) is 15.3. The van der Waals surface area contributed by atoms with E-state index in [-0.39, 0.29) is 0 Å². The largest absolute Gasteiger partial charge is 0.387 e. The Morgan fingerprint density at radius 2 is 2.00 bits per heavy atom. The second-order valence-electron chi connectivity index (χ2n) is 6.78. The molecule has 0 spiro atoms. The number of nitrogens with zero attached hydrogens (tertiary/aromatic N) is 1. The molecule has 0 saturated carbocycles. The zero-order valence-corrected chi connectivity index (χ0v) is 13.3. The molecule has 0 bridgehead atoms. The first-order chi connectivity index (χ1) is 10.7. The van der Waals surface area contributed by atoms with E-state index < -0.39 is 5.60 Å². The fraction of sp³-hybridized carbons (Fsp3) is 0.667. The van der Waals surface area contributed by atoms with Gasteiger partial charge in [0.05, 0.1) is 18.3 Å². The standard InChI is InChI=1S/C18H28N2O2/c21-18(9-4-10-19-14-18)15-20-11-7-17(8-12-20)22-13-16-5-2-1-3-6-16/h1-3,5-6,17,19,21H,4,7-15H2/t18-/m1/s1. The first kappa shape index (κ1) is 15.9. The summed E-state index contributed by atoms with van der Waals surface area (Å²) in [5.74, 6) is 0. The monoisotopic (exact) mass is 304 g/mol. The molecule has 2 heterocycles. The van der Waals surface area contributed by atoms with Crippen molar-refractivity contribution in [3.05, 3.63) is 35.9 Å². The van der Waals surface area contributed by atoms with E-state index in [0.717, 1.165) is 58.4 Å². The molecule has 2 aliphatic rings. The lowest BCUT2D eigenvalue weighted by molar-refractivity contribution is -0.0444. The molecule has 22 heavy (non-hydrogen) atoms. The van der Waals surface area contributed by atoms with Crippen LogP contribution < -0.4 is 5.32 Å². The highest BCUT2D eigenvalue weighted by Gasteiger charge is 2.32. The molecule has 1 atom stereocenters. The lowest BCUT2D eigenvalue weighted by Crippen LogP contribution is -2.54. The van der Waals surface area contributed by atoms with Gasteiger partial charge in [0.25, 0.3) is 0 Å². The van der Waals surface area contributed by atoms with Crippen LogP contribution in [0.4, 0.5) is 0 Å². The van der Waals surface area contributed by atoms with Gasteiger partial charge >= 0.3 is 0 Å². The van der Waals surface area contributed by atoms with Crippen LogP contribution in [0.15, 0.2) is 30.3 Å². The number of nitrogens with one attached hydrogen (secondary N) is 1. The van der Waals surface area contributed by atoms with Crippen molar-refractivity contribution in [2.24, 2.45) is 0 Å². The first-order valence-corrected chi connectivity index (χ1v) is 8.55. The number of likely N-dealkylation sites (tertiary alicyclic amines) is 1. The van der Waals surface area contributed by atoms with Crippen LogP contribution in [-0.4, -0.2) is 54.4 Å². The highest BCUT2D eigenvalue weighted by Crippen LogP contribution is 2.21. The first-order valence-electron chi connectivity index (χ1n) is 8.55. The predicted molar refractivity (Wildman–Crippen MR) is 87.7 cm³/mol. The average Bonchev–Trinajstić information content (AvgIpc) is 2.55. The van der Waals surface area contributed by atoms with Crippen LogP contribution in [0.25, 0.3) is 0 Å². The Bertz CT molecular complexity index is 438. The Kier molecular flexibility index (Phi) is 5.47. The van der Waals surface area contributed by atoms with Gasteiger partial charge in [-0.3, -0.25) is 0 Å². The van der Waals surface area contributed by atoms with Crippen LogP contribution >= 0.6 is 0 Å². The van der Waals surface area contributed by atoms with Gasteiger partial charge in [0, 0.05) is 26.2 Å². The highest BCUT2D eigenvalue weighted by atomic mass is 16.5. The lowest BCUT2D eigenvalue weighted by Gasteiger charge is -2.40. The maximum Gasteiger partial charge on any atom is 0.0898 e. The summed E-state index contributed by atoms with van der Waals surface area (Å²) in [4.78, 5) is 2.40. The number of hydrogen-bond acceptors (Lipinski definition) is 4. The van der Waals surface area contributed by atoms with Gasteiger partial charge in [-0.25, -0.2) is 0 Å². The Balaban J connectivity index is 1.39. The normalized spacial score (nSPS) is 27.9. The van der Waals surface area contributed by atoms with Crippen LogP contribution in [0.3, 0.4) is 0 Å². The van der Waals surface area contributed by atoms with Gasteiger partial charge in [-0.2, -0.15) is 0 Å². The van der Waals surface area contributed by atoms with Gasteiger partial charge in [-0.1, -0.05) is 30.3 Å². The van der Waals surface area contributed by atoms with Gasteiger partial charge in [0.15, 0.2) is 0 Å². The smallest absolute Gasteiger partial charge is 0.0898 e. The number of aliphatic hydroxyl groups is 1. The van der Waals surface area contributed by atoms with Gasteiger partial charge in [-0.05, 0) is 37.8 Å². The van der Waals surface area contributed by atoms with Crippen molar-refractivity contribution in [1.82, 2.24) is 10.2 Å². The number of piperidine rings is 2. The van der Waals surface area contributed by atoms with Crippen molar-refractivity contribution in [3.63, 3.8) is 0 Å². The minimum atomic E-state index is -0.532. The second-order valence-corrected chi connectivity index (χ2v) is 6.78.